The second-order valence-corrected chi connectivity index (χ2v) is 9.96. The minimum atomic E-state index is -3.49. The molecule has 142 valence electrons. The smallest absolute Gasteiger partial charge is 0.184 e. The Kier molecular flexibility index (Phi) is 5.32. The van der Waals surface area contributed by atoms with Gasteiger partial charge in [0, 0.05) is 33.1 Å². The third-order valence-electron chi connectivity index (χ3n) is 4.62. The summed E-state index contributed by atoms with van der Waals surface area (Å²) in [5, 5.41) is 1.42. The van der Waals surface area contributed by atoms with E-state index >= 15 is 0 Å². The fourth-order valence-electron chi connectivity index (χ4n) is 3.26. The monoisotopic (exact) mass is 473 g/mol. The summed E-state index contributed by atoms with van der Waals surface area (Å²) in [6.07, 6.45) is 1.74. The van der Waals surface area contributed by atoms with E-state index in [2.05, 4.69) is 15.9 Å². The number of hydrogen-bond acceptors (Lipinski definition) is 2. The van der Waals surface area contributed by atoms with Gasteiger partial charge in [-0.05, 0) is 41.5 Å². The van der Waals surface area contributed by atoms with Crippen LogP contribution in [-0.2, 0) is 22.1 Å². The molecule has 0 fully saturated rings. The van der Waals surface area contributed by atoms with Gasteiger partial charge in [0.25, 0.3) is 0 Å². The van der Waals surface area contributed by atoms with Crippen LogP contribution < -0.4 is 0 Å². The first-order valence-electron chi connectivity index (χ1n) is 8.72. The lowest BCUT2D eigenvalue weighted by Crippen LogP contribution is -2.05. The number of nitrogens with zero attached hydrogens (tertiary/aromatic N) is 1. The average molecular weight is 475 g/mol. The van der Waals surface area contributed by atoms with E-state index in [4.69, 9.17) is 11.6 Å². The maximum absolute atomic E-state index is 13.2. The van der Waals surface area contributed by atoms with E-state index in [0.29, 0.717) is 16.5 Å². The first kappa shape index (κ1) is 19.2. The van der Waals surface area contributed by atoms with Gasteiger partial charge >= 0.3 is 0 Å². The normalized spacial score (nSPS) is 11.8. The van der Waals surface area contributed by atoms with Gasteiger partial charge in [-0.15, -0.1) is 0 Å². The highest BCUT2D eigenvalue weighted by Crippen LogP contribution is 2.29. The van der Waals surface area contributed by atoms with Gasteiger partial charge in [0.1, 0.15) is 0 Å². The summed E-state index contributed by atoms with van der Waals surface area (Å²) in [6, 6.07) is 22.6. The molecule has 0 bridgehead atoms. The minimum Gasteiger partial charge on any atom is -0.342 e. The summed E-state index contributed by atoms with van der Waals surface area (Å²) >= 11 is 9.35. The van der Waals surface area contributed by atoms with Gasteiger partial charge in [0.2, 0.25) is 0 Å². The molecule has 1 aromatic heterocycles. The lowest BCUT2D eigenvalue weighted by Gasteiger charge is -2.05. The topological polar surface area (TPSA) is 39.1 Å². The van der Waals surface area contributed by atoms with Crippen LogP contribution in [0.1, 0.15) is 11.1 Å². The largest absolute Gasteiger partial charge is 0.342 e. The standard InChI is InChI=1S/C22H17BrClNO2S/c23-18-9-5-17(6-10-18)15-28(26,27)22-14-25(21-4-2-1-3-20(21)22)13-16-7-11-19(24)12-8-16/h1-12,14H,13,15H2. The number of para-hydroxylation sites is 1. The molecule has 0 aliphatic rings. The fourth-order valence-corrected chi connectivity index (χ4v) is 5.23. The second kappa shape index (κ2) is 7.74. The summed E-state index contributed by atoms with van der Waals surface area (Å²) < 4.78 is 29.2. The number of rotatable bonds is 5. The molecule has 4 rings (SSSR count). The molecule has 28 heavy (non-hydrogen) atoms. The molecular weight excluding hydrogens is 458 g/mol. The molecule has 0 spiro atoms. The SMILES string of the molecule is O=S(=O)(Cc1ccc(Br)cc1)c1cn(Cc2ccc(Cl)cc2)c2ccccc12. The van der Waals surface area contributed by atoms with Gasteiger partial charge in [-0.1, -0.05) is 70.0 Å². The second-order valence-electron chi connectivity index (χ2n) is 6.65. The van der Waals surface area contributed by atoms with Crippen molar-refractivity contribution in [1.29, 1.82) is 0 Å². The molecule has 0 saturated carbocycles. The van der Waals surface area contributed by atoms with Crippen LogP contribution in [0.25, 0.3) is 10.9 Å². The predicted octanol–water partition coefficient (Wildman–Crippen LogP) is 6.08. The van der Waals surface area contributed by atoms with Crippen molar-refractivity contribution in [1.82, 2.24) is 4.57 Å². The Morgan fingerprint density at radius 2 is 1.50 bits per heavy atom. The van der Waals surface area contributed by atoms with Crippen molar-refractivity contribution >= 4 is 48.3 Å². The van der Waals surface area contributed by atoms with Gasteiger partial charge in [-0.2, -0.15) is 0 Å². The summed E-state index contributed by atoms with van der Waals surface area (Å²) in [6.45, 7) is 0.575. The summed E-state index contributed by atoms with van der Waals surface area (Å²) in [7, 11) is -3.49. The Balaban J connectivity index is 1.74. The van der Waals surface area contributed by atoms with Crippen LogP contribution in [0.15, 0.2) is 88.4 Å². The lowest BCUT2D eigenvalue weighted by molar-refractivity contribution is 0.595. The Bertz CT molecular complexity index is 1230. The molecular formula is C22H17BrClNO2S. The lowest BCUT2D eigenvalue weighted by atomic mass is 10.2. The van der Waals surface area contributed by atoms with E-state index in [-0.39, 0.29) is 5.75 Å². The molecule has 0 radical (unpaired) electrons. The Hall–Kier alpha value is -2.08. The van der Waals surface area contributed by atoms with Crippen molar-refractivity contribution in [3.05, 3.63) is 99.6 Å². The van der Waals surface area contributed by atoms with E-state index in [1.165, 1.54) is 0 Å². The highest BCUT2D eigenvalue weighted by atomic mass is 79.9. The van der Waals surface area contributed by atoms with Crippen molar-refractivity contribution in [3.63, 3.8) is 0 Å². The Labute approximate surface area is 177 Å². The molecule has 0 amide bonds. The van der Waals surface area contributed by atoms with Crippen molar-refractivity contribution < 1.29 is 8.42 Å². The van der Waals surface area contributed by atoms with Gasteiger partial charge in [-0.3, -0.25) is 0 Å². The number of aromatic nitrogens is 1. The quantitative estimate of drug-likeness (QED) is 0.352. The van der Waals surface area contributed by atoms with Crippen LogP contribution >= 0.6 is 27.5 Å². The molecule has 3 nitrogen and oxygen atoms in total. The molecule has 0 atom stereocenters. The van der Waals surface area contributed by atoms with Crippen LogP contribution in [0, 0.1) is 0 Å². The summed E-state index contributed by atoms with van der Waals surface area (Å²) in [5.41, 5.74) is 2.71. The Morgan fingerprint density at radius 1 is 0.857 bits per heavy atom. The molecule has 0 aliphatic heterocycles. The third kappa shape index (κ3) is 4.02. The predicted molar refractivity (Wildman–Crippen MR) is 118 cm³/mol. The van der Waals surface area contributed by atoms with Crippen LogP contribution in [-0.4, -0.2) is 13.0 Å². The molecule has 3 aromatic carbocycles. The fraction of sp³-hybridized carbons (Fsp3) is 0.0909. The number of benzene rings is 3. The Morgan fingerprint density at radius 3 is 2.21 bits per heavy atom. The van der Waals surface area contributed by atoms with Crippen LogP contribution in [0.3, 0.4) is 0 Å². The molecule has 0 N–H and O–H groups in total. The van der Waals surface area contributed by atoms with E-state index in [1.807, 2.05) is 77.4 Å². The first-order valence-corrected chi connectivity index (χ1v) is 11.5. The van der Waals surface area contributed by atoms with Crippen molar-refractivity contribution in [2.75, 3.05) is 0 Å². The first-order chi connectivity index (χ1) is 13.4. The van der Waals surface area contributed by atoms with E-state index < -0.39 is 9.84 Å². The highest BCUT2D eigenvalue weighted by molar-refractivity contribution is 9.10. The number of halogens is 2. The van der Waals surface area contributed by atoms with Crippen molar-refractivity contribution in [2.24, 2.45) is 0 Å². The molecule has 0 unspecified atom stereocenters. The average Bonchev–Trinajstić information content (AvgIpc) is 3.05. The molecule has 0 aliphatic carbocycles. The molecule has 0 saturated heterocycles. The van der Waals surface area contributed by atoms with Gasteiger partial charge < -0.3 is 4.57 Å². The zero-order valence-corrected chi connectivity index (χ0v) is 18.0. The van der Waals surface area contributed by atoms with Crippen molar-refractivity contribution in [3.8, 4) is 0 Å². The van der Waals surface area contributed by atoms with Crippen LogP contribution in [0.2, 0.25) is 5.02 Å². The van der Waals surface area contributed by atoms with E-state index in [0.717, 1.165) is 26.5 Å². The van der Waals surface area contributed by atoms with Gasteiger partial charge in [0.05, 0.1) is 10.6 Å². The molecule has 1 heterocycles. The number of hydrogen-bond donors (Lipinski definition) is 0. The number of sulfone groups is 1. The zero-order chi connectivity index (χ0) is 19.7. The number of fused-ring (bicyclic) bond motifs is 1. The maximum atomic E-state index is 13.2. The molecule has 6 heteroatoms. The van der Waals surface area contributed by atoms with Gasteiger partial charge in [-0.25, -0.2) is 8.42 Å². The third-order valence-corrected chi connectivity index (χ3v) is 7.11. The molecule has 4 aromatic rings. The maximum Gasteiger partial charge on any atom is 0.184 e. The van der Waals surface area contributed by atoms with Gasteiger partial charge in [0.15, 0.2) is 9.84 Å². The summed E-state index contributed by atoms with van der Waals surface area (Å²) in [5.74, 6) is -0.0325. The highest BCUT2D eigenvalue weighted by Gasteiger charge is 2.21. The minimum absolute atomic E-state index is 0.0325. The van der Waals surface area contributed by atoms with E-state index in [9.17, 15) is 8.42 Å². The van der Waals surface area contributed by atoms with Crippen molar-refractivity contribution in [2.45, 2.75) is 17.2 Å². The zero-order valence-electron chi connectivity index (χ0n) is 14.8. The summed E-state index contributed by atoms with van der Waals surface area (Å²) in [4.78, 5) is 0.361. The van der Waals surface area contributed by atoms with Crippen LogP contribution in [0.4, 0.5) is 0 Å². The van der Waals surface area contributed by atoms with Crippen LogP contribution in [0.5, 0.6) is 0 Å². The van der Waals surface area contributed by atoms with E-state index in [1.54, 1.807) is 6.20 Å².